The molecular formula is C24H25NO4. The lowest BCUT2D eigenvalue weighted by molar-refractivity contribution is -0.133. The number of carbonyl (C=O) groups excluding carboxylic acids is 1. The second-order valence-corrected chi connectivity index (χ2v) is 6.05. The average Bonchev–Trinajstić information content (AvgIpc) is 2.76. The number of nitrogens with zero attached hydrogens (tertiary/aromatic N) is 1. The van der Waals surface area contributed by atoms with Gasteiger partial charge in [-0.3, -0.25) is 0 Å². The van der Waals surface area contributed by atoms with E-state index in [0.717, 1.165) is 16.8 Å². The molecule has 29 heavy (non-hydrogen) atoms. The van der Waals surface area contributed by atoms with E-state index >= 15 is 0 Å². The van der Waals surface area contributed by atoms with Crippen molar-refractivity contribution in [2.75, 3.05) is 14.2 Å². The summed E-state index contributed by atoms with van der Waals surface area (Å²) in [5, 5.41) is 4.10. The highest BCUT2D eigenvalue weighted by Gasteiger charge is 2.16. The van der Waals surface area contributed by atoms with Crippen LogP contribution in [0.15, 0.2) is 84.2 Å². The third-order valence-corrected chi connectivity index (χ3v) is 3.91. The van der Waals surface area contributed by atoms with Crippen molar-refractivity contribution in [3.8, 4) is 0 Å². The molecule has 5 heteroatoms. The Balaban J connectivity index is 2.01. The minimum atomic E-state index is -0.480. The number of esters is 1. The van der Waals surface area contributed by atoms with Crippen molar-refractivity contribution in [1.29, 1.82) is 0 Å². The maximum Gasteiger partial charge on any atom is 0.341 e. The number of hydrogen-bond acceptors (Lipinski definition) is 5. The van der Waals surface area contributed by atoms with Gasteiger partial charge in [0.25, 0.3) is 0 Å². The van der Waals surface area contributed by atoms with Crippen LogP contribution in [0, 0.1) is 0 Å². The highest BCUT2D eigenvalue weighted by atomic mass is 16.6. The molecule has 2 aromatic carbocycles. The molecule has 0 aliphatic carbocycles. The maximum absolute atomic E-state index is 12.0. The summed E-state index contributed by atoms with van der Waals surface area (Å²) in [5.41, 5.74) is 3.65. The van der Waals surface area contributed by atoms with Crippen LogP contribution < -0.4 is 0 Å². The lowest BCUT2D eigenvalue weighted by atomic mass is 10.0. The number of benzene rings is 2. The molecule has 0 bridgehead atoms. The molecule has 0 heterocycles. The Labute approximate surface area is 171 Å². The first-order chi connectivity index (χ1) is 14.2. The molecule has 0 spiro atoms. The van der Waals surface area contributed by atoms with E-state index in [0.29, 0.717) is 11.1 Å². The zero-order valence-electron chi connectivity index (χ0n) is 16.9. The van der Waals surface area contributed by atoms with Crippen LogP contribution in [-0.4, -0.2) is 25.9 Å². The predicted molar refractivity (Wildman–Crippen MR) is 116 cm³/mol. The summed E-state index contributed by atoms with van der Waals surface area (Å²) in [4.78, 5) is 17.5. The highest BCUT2D eigenvalue weighted by molar-refractivity contribution is 6.16. The van der Waals surface area contributed by atoms with E-state index in [9.17, 15) is 4.79 Å². The first-order valence-corrected chi connectivity index (χ1v) is 9.11. The van der Waals surface area contributed by atoms with Crippen molar-refractivity contribution >= 4 is 23.3 Å². The molecule has 0 aliphatic rings. The Morgan fingerprint density at radius 2 is 1.72 bits per heavy atom. The topological polar surface area (TPSA) is 57.1 Å². The third kappa shape index (κ3) is 7.14. The maximum atomic E-state index is 12.0. The van der Waals surface area contributed by atoms with Crippen LogP contribution in [0.2, 0.25) is 0 Å². The lowest BCUT2D eigenvalue weighted by Gasteiger charge is -2.10. The summed E-state index contributed by atoms with van der Waals surface area (Å²) in [6.45, 7) is 2.06. The summed E-state index contributed by atoms with van der Waals surface area (Å²) >= 11 is 0. The molecule has 0 amide bonds. The van der Waals surface area contributed by atoms with Gasteiger partial charge in [0.2, 0.25) is 0 Å². The standard InChI is InChI=1S/C24H25NO4/c1-19(11-7-8-14-20-12-5-4-6-13-20)25-29-17-21-15-9-10-16-22(21)23(18-27-2)24(26)28-3/h4-16,18H,17H2,1-3H3/b11-7+,14-8+,23-18+,25-19+. The zero-order chi connectivity index (χ0) is 20.9. The normalized spacial score (nSPS) is 12.4. The molecule has 2 aromatic rings. The van der Waals surface area contributed by atoms with E-state index < -0.39 is 5.97 Å². The summed E-state index contributed by atoms with van der Waals surface area (Å²) in [7, 11) is 2.81. The molecule has 0 atom stereocenters. The monoisotopic (exact) mass is 391 g/mol. The van der Waals surface area contributed by atoms with Crippen molar-refractivity contribution in [3.05, 3.63) is 95.8 Å². The van der Waals surface area contributed by atoms with Gasteiger partial charge >= 0.3 is 5.97 Å². The highest BCUT2D eigenvalue weighted by Crippen LogP contribution is 2.21. The Morgan fingerprint density at radius 1 is 1.00 bits per heavy atom. The Kier molecular flexibility index (Phi) is 8.96. The Bertz CT molecular complexity index is 911. The molecule has 0 aromatic heterocycles. The number of methoxy groups -OCH3 is 2. The van der Waals surface area contributed by atoms with Gasteiger partial charge in [-0.25, -0.2) is 4.79 Å². The Morgan fingerprint density at radius 3 is 2.45 bits per heavy atom. The first-order valence-electron chi connectivity index (χ1n) is 9.11. The van der Waals surface area contributed by atoms with Crippen molar-refractivity contribution in [2.24, 2.45) is 5.16 Å². The number of ether oxygens (including phenoxy) is 2. The van der Waals surface area contributed by atoms with Crippen LogP contribution in [0.3, 0.4) is 0 Å². The molecule has 0 fully saturated rings. The zero-order valence-corrected chi connectivity index (χ0v) is 16.9. The van der Waals surface area contributed by atoms with E-state index in [-0.39, 0.29) is 6.61 Å². The average molecular weight is 391 g/mol. The van der Waals surface area contributed by atoms with Gasteiger partial charge < -0.3 is 14.3 Å². The van der Waals surface area contributed by atoms with Crippen LogP contribution in [0.5, 0.6) is 0 Å². The van der Waals surface area contributed by atoms with Crippen molar-refractivity contribution < 1.29 is 19.1 Å². The van der Waals surface area contributed by atoms with Crippen molar-refractivity contribution in [3.63, 3.8) is 0 Å². The molecule has 0 saturated heterocycles. The Hall–Kier alpha value is -3.60. The van der Waals surface area contributed by atoms with Gasteiger partial charge in [-0.1, -0.05) is 78.0 Å². The van der Waals surface area contributed by atoms with E-state index in [1.807, 2.05) is 85.8 Å². The largest absolute Gasteiger partial charge is 0.503 e. The van der Waals surface area contributed by atoms with Crippen LogP contribution in [0.1, 0.15) is 23.6 Å². The van der Waals surface area contributed by atoms with Gasteiger partial charge in [-0.2, -0.15) is 0 Å². The smallest absolute Gasteiger partial charge is 0.341 e. The fraction of sp³-hybridized carbons (Fsp3) is 0.167. The number of carbonyl (C=O) groups is 1. The molecule has 0 radical (unpaired) electrons. The molecule has 0 aliphatic heterocycles. The SMILES string of the molecule is CO/C=C(/C(=O)OC)c1ccccc1CO/N=C(C)/C=C/C=C/c1ccccc1. The predicted octanol–water partition coefficient (Wildman–Crippen LogP) is 5.01. The third-order valence-electron chi connectivity index (χ3n) is 3.91. The molecule has 5 nitrogen and oxygen atoms in total. The van der Waals surface area contributed by atoms with E-state index in [1.165, 1.54) is 20.5 Å². The van der Waals surface area contributed by atoms with Gasteiger partial charge in [0.1, 0.15) is 12.2 Å². The molecule has 0 N–H and O–H groups in total. The number of rotatable bonds is 9. The fourth-order valence-corrected chi connectivity index (χ4v) is 2.52. The van der Waals surface area contributed by atoms with Gasteiger partial charge in [-0.15, -0.1) is 0 Å². The van der Waals surface area contributed by atoms with Gasteiger partial charge in [-0.05, 0) is 24.1 Å². The summed E-state index contributed by atoms with van der Waals surface area (Å²) in [5.74, 6) is -0.480. The van der Waals surface area contributed by atoms with Crippen LogP contribution in [0.25, 0.3) is 11.6 Å². The molecule has 0 saturated carbocycles. The van der Waals surface area contributed by atoms with Crippen LogP contribution >= 0.6 is 0 Å². The number of allylic oxidation sites excluding steroid dienone is 3. The van der Waals surface area contributed by atoms with Gasteiger partial charge in [0.15, 0.2) is 0 Å². The summed E-state index contributed by atoms with van der Waals surface area (Å²) in [6.07, 6.45) is 9.08. The van der Waals surface area contributed by atoms with Crippen LogP contribution in [-0.2, 0) is 25.7 Å². The van der Waals surface area contributed by atoms with E-state index in [1.54, 1.807) is 0 Å². The van der Waals surface area contributed by atoms with Crippen LogP contribution in [0.4, 0.5) is 0 Å². The molecule has 0 unspecified atom stereocenters. The second-order valence-electron chi connectivity index (χ2n) is 6.05. The molecule has 150 valence electrons. The molecule has 2 rings (SSSR count). The minimum Gasteiger partial charge on any atom is -0.503 e. The lowest BCUT2D eigenvalue weighted by Crippen LogP contribution is -2.07. The van der Waals surface area contributed by atoms with E-state index in [4.69, 9.17) is 14.3 Å². The molecular weight excluding hydrogens is 366 g/mol. The van der Waals surface area contributed by atoms with Crippen molar-refractivity contribution in [2.45, 2.75) is 13.5 Å². The minimum absolute atomic E-state index is 0.208. The second kappa shape index (κ2) is 12.0. The summed E-state index contributed by atoms with van der Waals surface area (Å²) < 4.78 is 9.85. The van der Waals surface area contributed by atoms with E-state index in [2.05, 4.69) is 5.16 Å². The van der Waals surface area contributed by atoms with Crippen molar-refractivity contribution in [1.82, 2.24) is 0 Å². The van der Waals surface area contributed by atoms with Gasteiger partial charge in [0, 0.05) is 5.56 Å². The number of oxime groups is 1. The summed E-state index contributed by atoms with van der Waals surface area (Å²) in [6, 6.07) is 17.4. The fourth-order valence-electron chi connectivity index (χ4n) is 2.52. The first kappa shape index (κ1) is 21.7. The number of hydrogen-bond donors (Lipinski definition) is 0. The quantitative estimate of drug-likeness (QED) is 0.151. The van der Waals surface area contributed by atoms with Gasteiger partial charge in [0.05, 0.1) is 26.2 Å².